The van der Waals surface area contributed by atoms with Crippen molar-refractivity contribution in [1.82, 2.24) is 9.88 Å². The van der Waals surface area contributed by atoms with Gasteiger partial charge in [0.2, 0.25) is 0 Å². The highest BCUT2D eigenvalue weighted by molar-refractivity contribution is 6.29. The largest absolute Gasteiger partial charge is 0.389 e. The number of hydrogen-bond acceptors (Lipinski definition) is 3. The average Bonchev–Trinajstić information content (AvgIpc) is 2.33. The van der Waals surface area contributed by atoms with E-state index >= 15 is 0 Å². The zero-order valence-corrected chi connectivity index (χ0v) is 13.5. The second kappa shape index (κ2) is 6.55. The van der Waals surface area contributed by atoms with Gasteiger partial charge in [-0.05, 0) is 38.8 Å². The van der Waals surface area contributed by atoms with E-state index in [1.54, 1.807) is 30.9 Å². The fraction of sp³-hybridized carbons (Fsp3) is 0.600. The van der Waals surface area contributed by atoms with Gasteiger partial charge < -0.3 is 10.0 Å². The maximum absolute atomic E-state index is 12.5. The van der Waals surface area contributed by atoms with Crippen LogP contribution in [0, 0.1) is 0 Å². The Kier molecular flexibility index (Phi) is 5.54. The smallest absolute Gasteiger partial charge is 0.254 e. The van der Waals surface area contributed by atoms with Gasteiger partial charge in [-0.15, -0.1) is 0 Å². The minimum absolute atomic E-state index is 0.138. The maximum atomic E-state index is 12.5. The van der Waals surface area contributed by atoms with Gasteiger partial charge in [-0.3, -0.25) is 4.79 Å². The van der Waals surface area contributed by atoms with Gasteiger partial charge in [0.25, 0.3) is 5.91 Å². The molecule has 0 atom stereocenters. The van der Waals surface area contributed by atoms with Crippen molar-refractivity contribution in [3.05, 3.63) is 28.5 Å². The lowest BCUT2D eigenvalue weighted by molar-refractivity contribution is 0.0314. The molecule has 5 heteroatoms. The first-order valence-corrected chi connectivity index (χ1v) is 7.21. The fourth-order valence-corrected chi connectivity index (χ4v) is 2.13. The summed E-state index contributed by atoms with van der Waals surface area (Å²) in [6.45, 7) is 10.1. The van der Waals surface area contributed by atoms with Gasteiger partial charge in [0.05, 0.1) is 5.60 Å². The SMILES string of the molecule is CCN(CC(C)(C)O)C(=O)c1cc(Cl)nc(C(C)C)c1. The zero-order valence-electron chi connectivity index (χ0n) is 12.8. The third-order valence-electron chi connectivity index (χ3n) is 2.90. The monoisotopic (exact) mass is 298 g/mol. The van der Waals surface area contributed by atoms with Gasteiger partial charge in [-0.1, -0.05) is 25.4 Å². The quantitative estimate of drug-likeness (QED) is 0.850. The Morgan fingerprint density at radius 3 is 2.50 bits per heavy atom. The van der Waals surface area contributed by atoms with Crippen LogP contribution in [0.4, 0.5) is 0 Å². The highest BCUT2D eigenvalue weighted by Crippen LogP contribution is 2.19. The van der Waals surface area contributed by atoms with Crippen LogP contribution in [-0.4, -0.2) is 39.6 Å². The molecule has 1 aromatic heterocycles. The molecule has 1 aromatic rings. The summed E-state index contributed by atoms with van der Waals surface area (Å²) in [6, 6.07) is 3.34. The number of hydrogen-bond donors (Lipinski definition) is 1. The van der Waals surface area contributed by atoms with Gasteiger partial charge in [-0.2, -0.15) is 0 Å². The lowest BCUT2D eigenvalue weighted by Crippen LogP contribution is -2.42. The van der Waals surface area contributed by atoms with E-state index in [4.69, 9.17) is 11.6 Å². The Hall–Kier alpha value is -1.13. The molecular formula is C15H23ClN2O2. The van der Waals surface area contributed by atoms with Gasteiger partial charge in [-0.25, -0.2) is 4.98 Å². The predicted molar refractivity (Wildman–Crippen MR) is 81.2 cm³/mol. The van der Waals surface area contributed by atoms with Crippen molar-refractivity contribution in [3.8, 4) is 0 Å². The number of rotatable bonds is 5. The number of carbonyl (C=O) groups is 1. The number of halogens is 1. The molecule has 1 N–H and O–H groups in total. The Bertz CT molecular complexity index is 481. The summed E-state index contributed by atoms with van der Waals surface area (Å²) in [7, 11) is 0. The Morgan fingerprint density at radius 2 is 2.05 bits per heavy atom. The molecule has 0 bridgehead atoms. The molecule has 0 aliphatic rings. The first-order valence-electron chi connectivity index (χ1n) is 6.83. The van der Waals surface area contributed by atoms with Crippen molar-refractivity contribution in [2.75, 3.05) is 13.1 Å². The van der Waals surface area contributed by atoms with Crippen molar-refractivity contribution >= 4 is 17.5 Å². The van der Waals surface area contributed by atoms with Gasteiger partial charge in [0.1, 0.15) is 5.15 Å². The van der Waals surface area contributed by atoms with E-state index in [-0.39, 0.29) is 18.4 Å². The first kappa shape index (κ1) is 16.9. The summed E-state index contributed by atoms with van der Waals surface area (Å²) in [6.07, 6.45) is 0. The lowest BCUT2D eigenvalue weighted by Gasteiger charge is -2.28. The molecule has 4 nitrogen and oxygen atoms in total. The summed E-state index contributed by atoms with van der Waals surface area (Å²) >= 11 is 5.99. The standard InChI is InChI=1S/C15H23ClN2O2/c1-6-18(9-15(4,5)20)14(19)11-7-12(10(2)3)17-13(16)8-11/h7-8,10,20H,6,9H2,1-5H3. The van der Waals surface area contributed by atoms with E-state index in [0.717, 1.165) is 5.69 Å². The van der Waals surface area contributed by atoms with Gasteiger partial charge in [0, 0.05) is 24.3 Å². The number of carbonyl (C=O) groups excluding carboxylic acids is 1. The van der Waals surface area contributed by atoms with E-state index in [1.807, 2.05) is 20.8 Å². The molecule has 0 fully saturated rings. The second-order valence-electron chi connectivity index (χ2n) is 5.89. The summed E-state index contributed by atoms with van der Waals surface area (Å²) in [5, 5.41) is 10.2. The summed E-state index contributed by atoms with van der Waals surface area (Å²) < 4.78 is 0. The molecule has 0 unspecified atom stereocenters. The fourth-order valence-electron chi connectivity index (χ4n) is 1.91. The summed E-state index contributed by atoms with van der Waals surface area (Å²) in [5.74, 6) is 0.0606. The molecular weight excluding hydrogens is 276 g/mol. The van der Waals surface area contributed by atoms with E-state index in [2.05, 4.69) is 4.98 Å². The number of pyridine rings is 1. The van der Waals surface area contributed by atoms with E-state index in [9.17, 15) is 9.90 Å². The van der Waals surface area contributed by atoms with Crippen LogP contribution in [-0.2, 0) is 0 Å². The van der Waals surface area contributed by atoms with Gasteiger partial charge in [0.15, 0.2) is 0 Å². The van der Waals surface area contributed by atoms with Crippen LogP contribution < -0.4 is 0 Å². The zero-order chi connectivity index (χ0) is 15.5. The van der Waals surface area contributed by atoms with Crippen LogP contribution in [0.3, 0.4) is 0 Å². The van der Waals surface area contributed by atoms with Crippen molar-refractivity contribution in [2.24, 2.45) is 0 Å². The molecule has 1 amide bonds. The number of nitrogens with zero attached hydrogens (tertiary/aromatic N) is 2. The van der Waals surface area contributed by atoms with Gasteiger partial charge >= 0.3 is 0 Å². The molecule has 0 saturated heterocycles. The molecule has 0 aromatic carbocycles. The minimum atomic E-state index is -0.927. The van der Waals surface area contributed by atoms with Crippen LogP contribution >= 0.6 is 11.6 Å². The number of aromatic nitrogens is 1. The molecule has 1 heterocycles. The van der Waals surface area contributed by atoms with Crippen molar-refractivity contribution in [2.45, 2.75) is 46.1 Å². The third-order valence-corrected chi connectivity index (χ3v) is 3.09. The normalized spacial score (nSPS) is 11.8. The summed E-state index contributed by atoms with van der Waals surface area (Å²) in [4.78, 5) is 18.3. The minimum Gasteiger partial charge on any atom is -0.389 e. The Morgan fingerprint density at radius 1 is 1.45 bits per heavy atom. The highest BCUT2D eigenvalue weighted by Gasteiger charge is 2.23. The van der Waals surface area contributed by atoms with Crippen LogP contribution in [0.5, 0.6) is 0 Å². The molecule has 112 valence electrons. The first-order chi connectivity index (χ1) is 9.14. The molecule has 0 aliphatic heterocycles. The maximum Gasteiger partial charge on any atom is 0.254 e. The number of amides is 1. The van der Waals surface area contributed by atoms with E-state index in [0.29, 0.717) is 17.3 Å². The second-order valence-corrected chi connectivity index (χ2v) is 6.28. The summed E-state index contributed by atoms with van der Waals surface area (Å²) in [5.41, 5.74) is 0.378. The number of likely N-dealkylation sites (N-methyl/N-ethyl adjacent to an activating group) is 1. The number of aliphatic hydroxyl groups is 1. The molecule has 20 heavy (non-hydrogen) atoms. The molecule has 0 spiro atoms. The Labute approximate surface area is 125 Å². The van der Waals surface area contributed by atoms with Crippen molar-refractivity contribution < 1.29 is 9.90 Å². The molecule has 0 saturated carbocycles. The molecule has 0 aliphatic carbocycles. The van der Waals surface area contributed by atoms with Crippen LogP contribution in [0.2, 0.25) is 5.15 Å². The van der Waals surface area contributed by atoms with Crippen LogP contribution in [0.1, 0.15) is 56.6 Å². The Balaban J connectivity index is 3.06. The predicted octanol–water partition coefficient (Wildman–Crippen LogP) is 3.09. The van der Waals surface area contributed by atoms with Crippen LogP contribution in [0.25, 0.3) is 0 Å². The highest BCUT2D eigenvalue weighted by atomic mass is 35.5. The van der Waals surface area contributed by atoms with Crippen LogP contribution in [0.15, 0.2) is 12.1 Å². The topological polar surface area (TPSA) is 53.4 Å². The average molecular weight is 299 g/mol. The van der Waals surface area contributed by atoms with E-state index in [1.165, 1.54) is 0 Å². The van der Waals surface area contributed by atoms with E-state index < -0.39 is 5.60 Å². The van der Waals surface area contributed by atoms with Crippen molar-refractivity contribution in [3.63, 3.8) is 0 Å². The molecule has 1 rings (SSSR count). The van der Waals surface area contributed by atoms with Crippen molar-refractivity contribution in [1.29, 1.82) is 0 Å². The molecule has 0 radical (unpaired) electrons. The third kappa shape index (κ3) is 4.76. The lowest BCUT2D eigenvalue weighted by atomic mass is 10.1.